The second kappa shape index (κ2) is 4.23. The van der Waals surface area contributed by atoms with E-state index in [0.29, 0.717) is 4.90 Å². The molecule has 1 aromatic rings. The number of benzene rings is 1. The van der Waals surface area contributed by atoms with Crippen LogP contribution in [0.15, 0.2) is 47.4 Å². The van der Waals surface area contributed by atoms with Crippen LogP contribution in [-0.4, -0.2) is 14.2 Å². The number of sulfone groups is 1. The van der Waals surface area contributed by atoms with Gasteiger partial charge < -0.3 is 0 Å². The van der Waals surface area contributed by atoms with Crippen molar-refractivity contribution in [3.8, 4) is 0 Å². The van der Waals surface area contributed by atoms with E-state index in [9.17, 15) is 8.42 Å². The fourth-order valence-corrected chi connectivity index (χ4v) is 2.07. The highest BCUT2D eigenvalue weighted by molar-refractivity contribution is 7.91. The van der Waals surface area contributed by atoms with Gasteiger partial charge in [-0.15, -0.1) is 0 Å². The Bertz CT molecular complexity index is 377. The zero-order chi connectivity index (χ0) is 9.73. The van der Waals surface area contributed by atoms with Gasteiger partial charge >= 0.3 is 0 Å². The van der Waals surface area contributed by atoms with Crippen LogP contribution in [0.25, 0.3) is 0 Å². The Balaban J connectivity index is 2.95. The minimum atomic E-state index is -3.15. The Hall–Kier alpha value is -1.09. The maximum Gasteiger partial charge on any atom is 0.181 e. The van der Waals surface area contributed by atoms with Crippen LogP contribution in [0.1, 0.15) is 0 Å². The highest BCUT2D eigenvalue weighted by Gasteiger charge is 2.10. The van der Waals surface area contributed by atoms with Gasteiger partial charge in [-0.05, 0) is 19.1 Å². The molecule has 0 spiro atoms. The van der Waals surface area contributed by atoms with E-state index in [-0.39, 0.29) is 5.75 Å². The van der Waals surface area contributed by atoms with Gasteiger partial charge in [-0.25, -0.2) is 8.42 Å². The largest absolute Gasteiger partial charge is 0.223 e. The van der Waals surface area contributed by atoms with Gasteiger partial charge in [0.1, 0.15) is 0 Å². The fourth-order valence-electron chi connectivity index (χ4n) is 0.919. The molecule has 13 heavy (non-hydrogen) atoms. The van der Waals surface area contributed by atoms with E-state index in [1.807, 2.05) is 0 Å². The minimum Gasteiger partial charge on any atom is -0.223 e. The lowest BCUT2D eigenvalue weighted by molar-refractivity contribution is 0.599. The summed E-state index contributed by atoms with van der Waals surface area (Å²) in [7, 11) is -3.15. The maximum absolute atomic E-state index is 11.5. The van der Waals surface area contributed by atoms with E-state index < -0.39 is 9.84 Å². The van der Waals surface area contributed by atoms with Crippen LogP contribution in [-0.2, 0) is 9.84 Å². The first-order chi connectivity index (χ1) is 6.17. The third-order valence-corrected chi connectivity index (χ3v) is 3.21. The highest BCUT2D eigenvalue weighted by Crippen LogP contribution is 2.09. The smallest absolute Gasteiger partial charge is 0.181 e. The quantitative estimate of drug-likeness (QED) is 0.737. The summed E-state index contributed by atoms with van der Waals surface area (Å²) in [5.41, 5.74) is 0. The average Bonchev–Trinajstić information content (AvgIpc) is 2.16. The Labute approximate surface area is 78.8 Å². The van der Waals surface area contributed by atoms with E-state index in [1.54, 1.807) is 30.3 Å². The lowest BCUT2D eigenvalue weighted by Gasteiger charge is -1.99. The molecule has 3 heteroatoms. The van der Waals surface area contributed by atoms with Crippen LogP contribution in [0.4, 0.5) is 0 Å². The molecular formula is C10H11O2S. The molecule has 1 radical (unpaired) electrons. The molecule has 0 N–H and O–H groups in total. The molecule has 69 valence electrons. The Morgan fingerprint density at radius 3 is 2.38 bits per heavy atom. The number of hydrogen-bond acceptors (Lipinski definition) is 2. The lowest BCUT2D eigenvalue weighted by Crippen LogP contribution is -2.03. The van der Waals surface area contributed by atoms with Gasteiger partial charge in [0.15, 0.2) is 9.84 Å². The van der Waals surface area contributed by atoms with Crippen molar-refractivity contribution in [2.45, 2.75) is 4.90 Å². The molecule has 0 aromatic heterocycles. The summed E-state index contributed by atoms with van der Waals surface area (Å²) in [5.74, 6) is 0.0144. The molecule has 0 bridgehead atoms. The van der Waals surface area contributed by atoms with Gasteiger partial charge in [0.2, 0.25) is 0 Å². The molecule has 0 amide bonds. The molecule has 1 rings (SSSR count). The molecule has 2 nitrogen and oxygen atoms in total. The fraction of sp³-hybridized carbons (Fsp3) is 0.100. The summed E-state index contributed by atoms with van der Waals surface area (Å²) in [5, 5.41) is 0. The van der Waals surface area contributed by atoms with E-state index >= 15 is 0 Å². The van der Waals surface area contributed by atoms with Gasteiger partial charge in [0.05, 0.1) is 10.6 Å². The van der Waals surface area contributed by atoms with Crippen molar-refractivity contribution in [1.29, 1.82) is 0 Å². The standard InChI is InChI=1S/C10H11O2S/c1-2-3-9-13(11,12)10-7-5-4-6-8-10/h2-8H,1,9H2/b3-2+. The number of rotatable bonds is 3. The topological polar surface area (TPSA) is 34.1 Å². The lowest BCUT2D eigenvalue weighted by atomic mass is 10.4. The summed E-state index contributed by atoms with van der Waals surface area (Å²) >= 11 is 0. The predicted octanol–water partition coefficient (Wildman–Crippen LogP) is 1.85. The molecule has 0 heterocycles. The first-order valence-corrected chi connectivity index (χ1v) is 5.54. The van der Waals surface area contributed by atoms with Crippen LogP contribution in [0.5, 0.6) is 0 Å². The molecule has 0 aliphatic carbocycles. The van der Waals surface area contributed by atoms with Gasteiger partial charge in [-0.3, -0.25) is 0 Å². The van der Waals surface area contributed by atoms with Crippen LogP contribution >= 0.6 is 0 Å². The van der Waals surface area contributed by atoms with Gasteiger partial charge in [-0.1, -0.05) is 30.4 Å². The van der Waals surface area contributed by atoms with Gasteiger partial charge in [-0.2, -0.15) is 0 Å². The van der Waals surface area contributed by atoms with Crippen molar-refractivity contribution in [3.05, 3.63) is 49.4 Å². The Kier molecular flexibility index (Phi) is 3.25. The Morgan fingerprint density at radius 1 is 1.23 bits per heavy atom. The molecule has 0 aliphatic heterocycles. The first-order valence-electron chi connectivity index (χ1n) is 3.89. The van der Waals surface area contributed by atoms with Crippen molar-refractivity contribution in [2.24, 2.45) is 0 Å². The molecule has 0 saturated heterocycles. The zero-order valence-electron chi connectivity index (χ0n) is 7.18. The maximum atomic E-state index is 11.5. The monoisotopic (exact) mass is 195 g/mol. The SMILES string of the molecule is [CH2]/C=C/CS(=O)(=O)c1ccccc1. The zero-order valence-corrected chi connectivity index (χ0v) is 8.00. The molecule has 0 atom stereocenters. The molecule has 0 unspecified atom stereocenters. The van der Waals surface area contributed by atoms with Crippen molar-refractivity contribution < 1.29 is 8.42 Å². The first kappa shape index (κ1) is 9.99. The molecule has 1 aromatic carbocycles. The summed E-state index contributed by atoms with van der Waals surface area (Å²) in [6.45, 7) is 3.44. The van der Waals surface area contributed by atoms with E-state index in [0.717, 1.165) is 0 Å². The third kappa shape index (κ3) is 2.70. The summed E-state index contributed by atoms with van der Waals surface area (Å²) in [4.78, 5) is 0.355. The van der Waals surface area contributed by atoms with Crippen LogP contribution in [0, 0.1) is 6.92 Å². The Morgan fingerprint density at radius 2 is 1.85 bits per heavy atom. The van der Waals surface area contributed by atoms with Crippen LogP contribution < -0.4 is 0 Å². The van der Waals surface area contributed by atoms with Crippen molar-refractivity contribution in [2.75, 3.05) is 5.75 Å². The molecule has 0 aliphatic rings. The van der Waals surface area contributed by atoms with Gasteiger partial charge in [0, 0.05) is 0 Å². The molecule has 0 fully saturated rings. The van der Waals surface area contributed by atoms with Crippen LogP contribution in [0.3, 0.4) is 0 Å². The highest BCUT2D eigenvalue weighted by atomic mass is 32.2. The minimum absolute atomic E-state index is 0.0144. The van der Waals surface area contributed by atoms with Gasteiger partial charge in [0.25, 0.3) is 0 Å². The summed E-state index contributed by atoms with van der Waals surface area (Å²) in [6, 6.07) is 8.39. The normalized spacial score (nSPS) is 12.1. The summed E-state index contributed by atoms with van der Waals surface area (Å²) in [6.07, 6.45) is 3.02. The van der Waals surface area contributed by atoms with Crippen LogP contribution in [0.2, 0.25) is 0 Å². The van der Waals surface area contributed by atoms with Crippen molar-refractivity contribution in [1.82, 2.24) is 0 Å². The molecular weight excluding hydrogens is 184 g/mol. The third-order valence-electron chi connectivity index (χ3n) is 1.58. The number of hydrogen-bond donors (Lipinski definition) is 0. The second-order valence-corrected chi connectivity index (χ2v) is 4.60. The average molecular weight is 195 g/mol. The van der Waals surface area contributed by atoms with E-state index in [1.165, 1.54) is 12.2 Å². The second-order valence-electron chi connectivity index (χ2n) is 2.57. The van der Waals surface area contributed by atoms with E-state index in [2.05, 4.69) is 6.92 Å². The van der Waals surface area contributed by atoms with Crippen molar-refractivity contribution >= 4 is 9.84 Å². The number of allylic oxidation sites excluding steroid dienone is 1. The predicted molar refractivity (Wildman–Crippen MR) is 53.0 cm³/mol. The molecule has 0 saturated carbocycles. The summed E-state index contributed by atoms with van der Waals surface area (Å²) < 4.78 is 23.0. The van der Waals surface area contributed by atoms with Crippen molar-refractivity contribution in [3.63, 3.8) is 0 Å². The van der Waals surface area contributed by atoms with E-state index in [4.69, 9.17) is 0 Å².